The highest BCUT2D eigenvalue weighted by molar-refractivity contribution is 6.06. The summed E-state index contributed by atoms with van der Waals surface area (Å²) in [5.41, 5.74) is 0.461. The standard InChI is InChI=1S/C25H25F2N3O6/c1-15(25(34)29-9-7-28(8-10-29)16(2)31)30-21-11-17(3-6-23(21)36-14-24(30)33)22(32)13-35-18-4-5-19(26)20(27)12-18/h3-6,11-12,15H,7-10,13-14H2,1-2H3/t15-/m0/s1. The Kier molecular flexibility index (Phi) is 7.18. The molecule has 0 bridgehead atoms. The van der Waals surface area contributed by atoms with Gasteiger partial charge in [0.1, 0.15) is 17.5 Å². The minimum Gasteiger partial charge on any atom is -0.485 e. The van der Waals surface area contributed by atoms with Gasteiger partial charge in [-0.15, -0.1) is 0 Å². The number of ether oxygens (including phenoxy) is 2. The van der Waals surface area contributed by atoms with Gasteiger partial charge in [-0.2, -0.15) is 0 Å². The highest BCUT2D eigenvalue weighted by Crippen LogP contribution is 2.35. The van der Waals surface area contributed by atoms with Gasteiger partial charge in [-0.05, 0) is 37.3 Å². The Hall–Kier alpha value is -4.02. The highest BCUT2D eigenvalue weighted by Gasteiger charge is 2.36. The van der Waals surface area contributed by atoms with Gasteiger partial charge < -0.3 is 19.3 Å². The predicted octanol–water partition coefficient (Wildman–Crippen LogP) is 2.03. The molecular weight excluding hydrogens is 476 g/mol. The first kappa shape index (κ1) is 25.1. The Labute approximate surface area is 206 Å². The van der Waals surface area contributed by atoms with Crippen molar-refractivity contribution in [3.63, 3.8) is 0 Å². The molecule has 2 heterocycles. The molecular formula is C25H25F2N3O6. The molecule has 0 spiro atoms. The van der Waals surface area contributed by atoms with Crippen molar-refractivity contribution >= 4 is 29.2 Å². The number of benzene rings is 2. The molecule has 1 fully saturated rings. The van der Waals surface area contributed by atoms with E-state index in [1.807, 2.05) is 0 Å². The summed E-state index contributed by atoms with van der Waals surface area (Å²) in [5.74, 6) is -3.04. The van der Waals surface area contributed by atoms with Crippen LogP contribution in [0.4, 0.5) is 14.5 Å². The first-order valence-electron chi connectivity index (χ1n) is 11.4. The lowest BCUT2D eigenvalue weighted by molar-refractivity contribution is -0.140. The van der Waals surface area contributed by atoms with Crippen molar-refractivity contribution in [1.82, 2.24) is 9.80 Å². The number of piperazine rings is 1. The zero-order valence-corrected chi connectivity index (χ0v) is 19.8. The van der Waals surface area contributed by atoms with E-state index in [2.05, 4.69) is 0 Å². The maximum Gasteiger partial charge on any atom is 0.265 e. The number of Topliss-reactive ketones (excluding diaryl/α,β-unsaturated/α-hetero) is 1. The summed E-state index contributed by atoms with van der Waals surface area (Å²) < 4.78 is 37.3. The first-order valence-corrected chi connectivity index (χ1v) is 11.4. The second kappa shape index (κ2) is 10.3. The number of ketones is 1. The maximum atomic E-state index is 13.4. The van der Waals surface area contributed by atoms with Gasteiger partial charge in [0, 0.05) is 44.7 Å². The van der Waals surface area contributed by atoms with E-state index in [9.17, 15) is 28.0 Å². The topological polar surface area (TPSA) is 96.5 Å². The van der Waals surface area contributed by atoms with E-state index >= 15 is 0 Å². The molecule has 2 aliphatic rings. The quantitative estimate of drug-likeness (QED) is 0.562. The summed E-state index contributed by atoms with van der Waals surface area (Å²) in [6, 6.07) is 6.55. The Balaban J connectivity index is 1.49. The largest absolute Gasteiger partial charge is 0.485 e. The predicted molar refractivity (Wildman–Crippen MR) is 124 cm³/mol. The van der Waals surface area contributed by atoms with Crippen LogP contribution < -0.4 is 14.4 Å². The molecule has 0 radical (unpaired) electrons. The number of carbonyl (C=O) groups excluding carboxylic acids is 4. The normalized spacial score (nSPS) is 16.2. The fourth-order valence-electron chi connectivity index (χ4n) is 4.18. The van der Waals surface area contributed by atoms with Crippen LogP contribution in [0.1, 0.15) is 24.2 Å². The molecule has 0 aliphatic carbocycles. The van der Waals surface area contributed by atoms with Gasteiger partial charge in [0.2, 0.25) is 11.8 Å². The van der Waals surface area contributed by atoms with E-state index in [0.717, 1.165) is 12.1 Å². The van der Waals surface area contributed by atoms with Gasteiger partial charge in [0.15, 0.2) is 30.6 Å². The van der Waals surface area contributed by atoms with E-state index in [0.29, 0.717) is 31.9 Å². The fraction of sp³-hybridized carbons (Fsp3) is 0.360. The van der Waals surface area contributed by atoms with Crippen LogP contribution in [-0.2, 0) is 14.4 Å². The van der Waals surface area contributed by atoms with Crippen LogP contribution in [-0.4, -0.2) is 78.7 Å². The van der Waals surface area contributed by atoms with E-state index in [4.69, 9.17) is 9.47 Å². The van der Waals surface area contributed by atoms with Crippen molar-refractivity contribution in [2.24, 2.45) is 0 Å². The van der Waals surface area contributed by atoms with Crippen LogP contribution in [0.15, 0.2) is 36.4 Å². The fourth-order valence-corrected chi connectivity index (χ4v) is 4.18. The monoisotopic (exact) mass is 501 g/mol. The van der Waals surface area contributed by atoms with Gasteiger partial charge in [0.25, 0.3) is 5.91 Å². The SMILES string of the molecule is CC(=O)N1CCN(C(=O)[C@H](C)N2C(=O)COc3ccc(C(=O)COc4ccc(F)c(F)c4)cc32)CC1. The summed E-state index contributed by atoms with van der Waals surface area (Å²) in [5, 5.41) is 0. The summed E-state index contributed by atoms with van der Waals surface area (Å²) >= 11 is 0. The van der Waals surface area contributed by atoms with Gasteiger partial charge in [-0.1, -0.05) is 0 Å². The molecule has 0 unspecified atom stereocenters. The van der Waals surface area contributed by atoms with Crippen LogP contribution >= 0.6 is 0 Å². The second-order valence-corrected chi connectivity index (χ2v) is 8.53. The van der Waals surface area contributed by atoms with E-state index in [1.54, 1.807) is 16.7 Å². The lowest BCUT2D eigenvalue weighted by Crippen LogP contribution is -2.57. The van der Waals surface area contributed by atoms with Crippen LogP contribution in [0, 0.1) is 11.6 Å². The number of hydrogen-bond acceptors (Lipinski definition) is 6. The molecule has 0 saturated carbocycles. The zero-order valence-electron chi connectivity index (χ0n) is 19.8. The zero-order chi connectivity index (χ0) is 26.0. The molecule has 11 heteroatoms. The molecule has 36 heavy (non-hydrogen) atoms. The lowest BCUT2D eigenvalue weighted by Gasteiger charge is -2.39. The van der Waals surface area contributed by atoms with Crippen LogP contribution in [0.5, 0.6) is 11.5 Å². The molecule has 0 aromatic heterocycles. The highest BCUT2D eigenvalue weighted by atomic mass is 19.2. The van der Waals surface area contributed by atoms with Crippen molar-refractivity contribution in [3.05, 3.63) is 53.6 Å². The van der Waals surface area contributed by atoms with Crippen molar-refractivity contribution in [3.8, 4) is 11.5 Å². The Bertz CT molecular complexity index is 1210. The average Bonchev–Trinajstić information content (AvgIpc) is 2.88. The number of anilines is 1. The summed E-state index contributed by atoms with van der Waals surface area (Å²) in [7, 11) is 0. The van der Waals surface area contributed by atoms with Crippen molar-refractivity contribution < 1.29 is 37.4 Å². The maximum absolute atomic E-state index is 13.4. The Morgan fingerprint density at radius 1 is 1.00 bits per heavy atom. The summed E-state index contributed by atoms with van der Waals surface area (Å²) in [4.78, 5) is 54.9. The Morgan fingerprint density at radius 3 is 2.36 bits per heavy atom. The number of halogens is 2. The number of rotatable bonds is 6. The average molecular weight is 501 g/mol. The van der Waals surface area contributed by atoms with Crippen molar-refractivity contribution in [2.45, 2.75) is 19.9 Å². The molecule has 3 amide bonds. The second-order valence-electron chi connectivity index (χ2n) is 8.53. The molecule has 9 nitrogen and oxygen atoms in total. The number of amides is 3. The van der Waals surface area contributed by atoms with E-state index < -0.39 is 36.0 Å². The van der Waals surface area contributed by atoms with Gasteiger partial charge in [-0.25, -0.2) is 8.78 Å². The molecule has 2 aromatic rings. The molecule has 2 aliphatic heterocycles. The molecule has 4 rings (SSSR count). The molecule has 1 atom stereocenters. The van der Waals surface area contributed by atoms with Gasteiger partial charge in [-0.3, -0.25) is 24.1 Å². The minimum absolute atomic E-state index is 0.00978. The number of fused-ring (bicyclic) bond motifs is 1. The molecule has 2 aromatic carbocycles. The van der Waals surface area contributed by atoms with E-state index in [1.165, 1.54) is 36.1 Å². The first-order chi connectivity index (χ1) is 17.2. The van der Waals surface area contributed by atoms with E-state index in [-0.39, 0.29) is 35.4 Å². The third kappa shape index (κ3) is 5.14. The van der Waals surface area contributed by atoms with Gasteiger partial charge in [0.05, 0.1) is 5.69 Å². The Morgan fingerprint density at radius 2 is 1.69 bits per heavy atom. The van der Waals surface area contributed by atoms with Crippen LogP contribution in [0.3, 0.4) is 0 Å². The number of carbonyl (C=O) groups is 4. The number of nitrogens with zero attached hydrogens (tertiary/aromatic N) is 3. The number of hydrogen-bond donors (Lipinski definition) is 0. The third-order valence-corrected chi connectivity index (χ3v) is 6.20. The van der Waals surface area contributed by atoms with Crippen LogP contribution in [0.25, 0.3) is 0 Å². The molecule has 1 saturated heterocycles. The van der Waals surface area contributed by atoms with Crippen LogP contribution in [0.2, 0.25) is 0 Å². The third-order valence-electron chi connectivity index (χ3n) is 6.20. The molecule has 0 N–H and O–H groups in total. The smallest absolute Gasteiger partial charge is 0.265 e. The summed E-state index contributed by atoms with van der Waals surface area (Å²) in [6.45, 7) is 3.92. The molecule has 190 valence electrons. The van der Waals surface area contributed by atoms with Crippen molar-refractivity contribution in [1.29, 1.82) is 0 Å². The summed E-state index contributed by atoms with van der Waals surface area (Å²) in [6.07, 6.45) is 0. The van der Waals surface area contributed by atoms with Crippen molar-refractivity contribution in [2.75, 3.05) is 44.3 Å². The van der Waals surface area contributed by atoms with Gasteiger partial charge >= 0.3 is 0 Å². The lowest BCUT2D eigenvalue weighted by atomic mass is 10.1. The minimum atomic E-state index is -1.10.